The van der Waals surface area contributed by atoms with Gasteiger partial charge in [0.2, 0.25) is 0 Å². The Balaban J connectivity index is 1.90. The molecule has 1 saturated heterocycles. The van der Waals surface area contributed by atoms with Crippen molar-refractivity contribution in [2.24, 2.45) is 0 Å². The van der Waals surface area contributed by atoms with E-state index in [0.29, 0.717) is 0 Å². The largest absolute Gasteiger partial charge is 0.346 e. The summed E-state index contributed by atoms with van der Waals surface area (Å²) in [5, 5.41) is 4.54. The number of nitrogens with zero attached hydrogens (tertiary/aromatic N) is 2. The third-order valence-corrected chi connectivity index (χ3v) is 4.53. The van der Waals surface area contributed by atoms with Gasteiger partial charge < -0.3 is 10.2 Å². The molecule has 0 amide bonds. The predicted octanol–water partition coefficient (Wildman–Crippen LogP) is 2.84. The van der Waals surface area contributed by atoms with Crippen molar-refractivity contribution in [1.82, 2.24) is 10.3 Å². The number of nitrogens with one attached hydrogen (secondary N) is 1. The molecule has 0 radical (unpaired) electrons. The minimum absolute atomic E-state index is 1.05. The van der Waals surface area contributed by atoms with Crippen LogP contribution in [0.15, 0.2) is 24.3 Å². The monoisotopic (exact) mass is 273 g/mol. The maximum Gasteiger partial charge on any atom is 0.186 e. The van der Waals surface area contributed by atoms with E-state index in [1.165, 1.54) is 16.0 Å². The Morgan fingerprint density at radius 1 is 1.11 bits per heavy atom. The molecular weight excluding hydrogens is 254 g/mol. The van der Waals surface area contributed by atoms with Gasteiger partial charge in [-0.05, 0) is 13.8 Å². The number of hydrogen-bond donors (Lipinski definition) is 1. The van der Waals surface area contributed by atoms with Crippen molar-refractivity contribution in [3.8, 4) is 11.3 Å². The van der Waals surface area contributed by atoms with Crippen molar-refractivity contribution in [2.45, 2.75) is 13.8 Å². The van der Waals surface area contributed by atoms with Crippen LogP contribution < -0.4 is 10.2 Å². The van der Waals surface area contributed by atoms with Gasteiger partial charge in [0, 0.05) is 36.6 Å². The van der Waals surface area contributed by atoms with E-state index in [-0.39, 0.29) is 0 Å². The normalized spacial score (nSPS) is 15.8. The van der Waals surface area contributed by atoms with Gasteiger partial charge in [-0.3, -0.25) is 0 Å². The number of piperazine rings is 1. The quantitative estimate of drug-likeness (QED) is 0.912. The average molecular weight is 273 g/mol. The smallest absolute Gasteiger partial charge is 0.186 e. The summed E-state index contributed by atoms with van der Waals surface area (Å²) >= 11 is 1.81. The zero-order valence-corrected chi connectivity index (χ0v) is 12.3. The highest BCUT2D eigenvalue weighted by Crippen LogP contribution is 2.32. The second-order valence-electron chi connectivity index (χ2n) is 5.00. The van der Waals surface area contributed by atoms with E-state index in [4.69, 9.17) is 4.98 Å². The molecule has 0 spiro atoms. The third kappa shape index (κ3) is 2.65. The molecule has 1 N–H and O–H groups in total. The molecule has 1 aliphatic rings. The summed E-state index contributed by atoms with van der Waals surface area (Å²) < 4.78 is 0. The minimum Gasteiger partial charge on any atom is -0.346 e. The molecule has 2 aromatic rings. The second-order valence-corrected chi connectivity index (χ2v) is 6.19. The van der Waals surface area contributed by atoms with E-state index in [1.54, 1.807) is 11.3 Å². The molecule has 0 bridgehead atoms. The lowest BCUT2D eigenvalue weighted by Gasteiger charge is -2.26. The van der Waals surface area contributed by atoms with E-state index in [9.17, 15) is 0 Å². The Bertz CT molecular complexity index is 553. The summed E-state index contributed by atoms with van der Waals surface area (Å²) in [6.07, 6.45) is 0. The van der Waals surface area contributed by atoms with Crippen molar-refractivity contribution in [1.29, 1.82) is 0 Å². The van der Waals surface area contributed by atoms with Gasteiger partial charge in [-0.1, -0.05) is 29.8 Å². The third-order valence-electron chi connectivity index (χ3n) is 3.50. The van der Waals surface area contributed by atoms with Crippen molar-refractivity contribution >= 4 is 16.5 Å². The Labute approximate surface area is 118 Å². The molecule has 0 aliphatic carbocycles. The summed E-state index contributed by atoms with van der Waals surface area (Å²) in [6, 6.07) is 8.63. The van der Waals surface area contributed by atoms with Crippen molar-refractivity contribution in [2.75, 3.05) is 31.1 Å². The first-order chi connectivity index (χ1) is 9.24. The number of anilines is 1. The highest BCUT2D eigenvalue weighted by atomic mass is 32.1. The van der Waals surface area contributed by atoms with Crippen LogP contribution >= 0.6 is 11.3 Å². The highest BCUT2D eigenvalue weighted by Gasteiger charge is 2.16. The van der Waals surface area contributed by atoms with Crippen LogP contribution in [-0.4, -0.2) is 31.2 Å². The van der Waals surface area contributed by atoms with Gasteiger partial charge >= 0.3 is 0 Å². The minimum atomic E-state index is 1.05. The van der Waals surface area contributed by atoms with Crippen LogP contribution in [0.1, 0.15) is 10.4 Å². The number of rotatable bonds is 2. The summed E-state index contributed by atoms with van der Waals surface area (Å²) in [4.78, 5) is 8.53. The van der Waals surface area contributed by atoms with E-state index in [2.05, 4.69) is 48.3 Å². The van der Waals surface area contributed by atoms with Gasteiger partial charge in [0.05, 0.1) is 5.69 Å². The van der Waals surface area contributed by atoms with Crippen LogP contribution in [0.25, 0.3) is 11.3 Å². The van der Waals surface area contributed by atoms with Crippen molar-refractivity contribution < 1.29 is 0 Å². The van der Waals surface area contributed by atoms with Crippen LogP contribution in [0.3, 0.4) is 0 Å². The Hall–Kier alpha value is -1.39. The van der Waals surface area contributed by atoms with Crippen LogP contribution in [0.5, 0.6) is 0 Å². The number of hydrogen-bond acceptors (Lipinski definition) is 4. The molecule has 19 heavy (non-hydrogen) atoms. The molecule has 0 atom stereocenters. The van der Waals surface area contributed by atoms with E-state index < -0.39 is 0 Å². The standard InChI is InChI=1S/C15H19N3S/c1-11-3-5-13(6-4-11)14-12(2)19-15(17-14)18-9-7-16-8-10-18/h3-6,16H,7-10H2,1-2H3. The van der Waals surface area contributed by atoms with Crippen molar-refractivity contribution in [3.05, 3.63) is 34.7 Å². The fourth-order valence-electron chi connectivity index (χ4n) is 2.35. The van der Waals surface area contributed by atoms with Gasteiger partial charge in [0.1, 0.15) is 0 Å². The Kier molecular flexibility index (Phi) is 3.53. The number of benzene rings is 1. The summed E-state index contributed by atoms with van der Waals surface area (Å²) in [5.41, 5.74) is 3.65. The predicted molar refractivity (Wildman–Crippen MR) is 82.1 cm³/mol. The molecule has 1 aromatic heterocycles. The molecule has 4 heteroatoms. The van der Waals surface area contributed by atoms with Crippen LogP contribution in [0, 0.1) is 13.8 Å². The Morgan fingerprint density at radius 2 is 1.79 bits per heavy atom. The van der Waals surface area contributed by atoms with E-state index in [0.717, 1.165) is 37.0 Å². The average Bonchev–Trinajstić information content (AvgIpc) is 2.83. The SMILES string of the molecule is Cc1ccc(-c2nc(N3CCNCC3)sc2C)cc1. The maximum absolute atomic E-state index is 4.85. The van der Waals surface area contributed by atoms with Gasteiger partial charge in [-0.25, -0.2) is 4.98 Å². The first-order valence-corrected chi connectivity index (χ1v) is 7.56. The first kappa shape index (κ1) is 12.6. The fourth-order valence-corrected chi connectivity index (χ4v) is 3.34. The van der Waals surface area contributed by atoms with Crippen LogP contribution in [-0.2, 0) is 0 Å². The Morgan fingerprint density at radius 3 is 2.47 bits per heavy atom. The van der Waals surface area contributed by atoms with E-state index in [1.807, 2.05) is 0 Å². The number of aryl methyl sites for hydroxylation is 2. The molecule has 1 aliphatic heterocycles. The number of aromatic nitrogens is 1. The number of thiazole rings is 1. The molecule has 100 valence electrons. The van der Waals surface area contributed by atoms with Crippen LogP contribution in [0.2, 0.25) is 0 Å². The first-order valence-electron chi connectivity index (χ1n) is 6.74. The molecule has 3 rings (SSSR count). The summed E-state index contributed by atoms with van der Waals surface area (Å²) in [7, 11) is 0. The second kappa shape index (κ2) is 5.31. The maximum atomic E-state index is 4.85. The molecule has 0 unspecified atom stereocenters. The van der Waals surface area contributed by atoms with Gasteiger partial charge in [0.15, 0.2) is 5.13 Å². The summed E-state index contributed by atoms with van der Waals surface area (Å²) in [5.74, 6) is 0. The molecule has 1 fully saturated rings. The summed E-state index contributed by atoms with van der Waals surface area (Å²) in [6.45, 7) is 8.50. The zero-order chi connectivity index (χ0) is 13.2. The molecule has 3 nitrogen and oxygen atoms in total. The highest BCUT2D eigenvalue weighted by molar-refractivity contribution is 7.16. The fraction of sp³-hybridized carbons (Fsp3) is 0.400. The lowest BCUT2D eigenvalue weighted by atomic mass is 10.1. The molecular formula is C15H19N3S. The lowest BCUT2D eigenvalue weighted by Crippen LogP contribution is -2.43. The molecule has 0 saturated carbocycles. The molecule has 1 aromatic carbocycles. The topological polar surface area (TPSA) is 28.2 Å². The molecule has 2 heterocycles. The van der Waals surface area contributed by atoms with E-state index >= 15 is 0 Å². The zero-order valence-electron chi connectivity index (χ0n) is 11.4. The van der Waals surface area contributed by atoms with Gasteiger partial charge in [-0.15, -0.1) is 11.3 Å². The van der Waals surface area contributed by atoms with Gasteiger partial charge in [-0.2, -0.15) is 0 Å². The van der Waals surface area contributed by atoms with Crippen LogP contribution in [0.4, 0.5) is 5.13 Å². The lowest BCUT2D eigenvalue weighted by molar-refractivity contribution is 0.588. The van der Waals surface area contributed by atoms with Gasteiger partial charge in [0.25, 0.3) is 0 Å². The van der Waals surface area contributed by atoms with Crippen molar-refractivity contribution in [3.63, 3.8) is 0 Å².